The van der Waals surface area contributed by atoms with Crippen molar-refractivity contribution in [1.29, 1.82) is 0 Å². The van der Waals surface area contributed by atoms with Crippen molar-refractivity contribution in [2.75, 3.05) is 11.9 Å². The number of aromatic nitrogens is 1. The molecule has 88 valence electrons. The molecule has 0 spiro atoms. The molecule has 1 heterocycles. The monoisotopic (exact) mass is 250 g/mol. The number of alkyl halides is 1. The van der Waals surface area contributed by atoms with E-state index in [0.29, 0.717) is 17.4 Å². The van der Waals surface area contributed by atoms with Gasteiger partial charge in [0.05, 0.1) is 5.69 Å². The van der Waals surface area contributed by atoms with E-state index in [2.05, 4.69) is 4.98 Å². The number of benzene rings is 1. The molecular formula is C13H12ClFN2. The highest BCUT2D eigenvalue weighted by atomic mass is 35.5. The number of nitrogens with zero attached hydrogens (tertiary/aromatic N) is 2. The Hall–Kier alpha value is -1.61. The second-order valence-electron chi connectivity index (χ2n) is 3.67. The Morgan fingerprint density at radius 3 is 2.59 bits per heavy atom. The zero-order valence-electron chi connectivity index (χ0n) is 9.40. The molecule has 0 unspecified atom stereocenters. The summed E-state index contributed by atoms with van der Waals surface area (Å²) in [5.74, 6) is 0.846. The van der Waals surface area contributed by atoms with E-state index >= 15 is 0 Å². The molecule has 0 aliphatic heterocycles. The molecule has 0 bridgehead atoms. The molecule has 0 radical (unpaired) electrons. The minimum Gasteiger partial charge on any atom is -0.327 e. The molecule has 2 rings (SSSR count). The molecule has 2 nitrogen and oxygen atoms in total. The Morgan fingerprint density at radius 1 is 1.24 bits per heavy atom. The highest BCUT2D eigenvalue weighted by molar-refractivity contribution is 6.17. The van der Waals surface area contributed by atoms with E-state index in [1.807, 2.05) is 12.1 Å². The molecule has 2 aromatic rings. The molecule has 0 amide bonds. The van der Waals surface area contributed by atoms with Crippen LogP contribution in [0.1, 0.15) is 5.56 Å². The maximum atomic E-state index is 13.6. The van der Waals surface area contributed by atoms with E-state index in [9.17, 15) is 4.39 Å². The first-order valence-corrected chi connectivity index (χ1v) is 5.75. The van der Waals surface area contributed by atoms with Gasteiger partial charge in [-0.2, -0.15) is 0 Å². The van der Waals surface area contributed by atoms with E-state index < -0.39 is 0 Å². The topological polar surface area (TPSA) is 16.1 Å². The molecule has 1 aromatic carbocycles. The summed E-state index contributed by atoms with van der Waals surface area (Å²) in [4.78, 5) is 5.94. The van der Waals surface area contributed by atoms with Crippen molar-refractivity contribution >= 4 is 23.1 Å². The van der Waals surface area contributed by atoms with E-state index in [-0.39, 0.29) is 5.82 Å². The van der Waals surface area contributed by atoms with Crippen LogP contribution in [0.25, 0.3) is 0 Å². The number of halogens is 2. The normalized spacial score (nSPS) is 10.3. The predicted molar refractivity (Wildman–Crippen MR) is 68.3 cm³/mol. The number of rotatable bonds is 3. The van der Waals surface area contributed by atoms with Gasteiger partial charge in [0.1, 0.15) is 11.6 Å². The van der Waals surface area contributed by atoms with Gasteiger partial charge in [0.15, 0.2) is 0 Å². The van der Waals surface area contributed by atoms with Gasteiger partial charge in [-0.15, -0.1) is 11.6 Å². The molecular weight excluding hydrogens is 239 g/mol. The van der Waals surface area contributed by atoms with Crippen LogP contribution in [-0.4, -0.2) is 12.0 Å². The Kier molecular flexibility index (Phi) is 3.59. The number of pyridine rings is 1. The van der Waals surface area contributed by atoms with Crippen molar-refractivity contribution in [2.24, 2.45) is 0 Å². The van der Waals surface area contributed by atoms with Crippen LogP contribution in [0.5, 0.6) is 0 Å². The molecule has 4 heteroatoms. The van der Waals surface area contributed by atoms with Gasteiger partial charge in [-0.25, -0.2) is 9.37 Å². The summed E-state index contributed by atoms with van der Waals surface area (Å²) >= 11 is 5.69. The molecule has 0 N–H and O–H groups in total. The van der Waals surface area contributed by atoms with Crippen LogP contribution in [0.2, 0.25) is 0 Å². The summed E-state index contributed by atoms with van der Waals surface area (Å²) in [5.41, 5.74) is 1.44. The van der Waals surface area contributed by atoms with Crippen LogP contribution in [-0.2, 0) is 5.88 Å². The molecule has 0 atom stereocenters. The third-order valence-electron chi connectivity index (χ3n) is 2.52. The highest BCUT2D eigenvalue weighted by Crippen LogP contribution is 2.24. The van der Waals surface area contributed by atoms with Crippen LogP contribution < -0.4 is 4.90 Å². The summed E-state index contributed by atoms with van der Waals surface area (Å²) in [6.45, 7) is 0. The summed E-state index contributed by atoms with van der Waals surface area (Å²) < 4.78 is 13.6. The Labute approximate surface area is 105 Å². The third kappa shape index (κ3) is 2.56. The van der Waals surface area contributed by atoms with Gasteiger partial charge in [0.2, 0.25) is 0 Å². The zero-order chi connectivity index (χ0) is 12.3. The SMILES string of the molecule is CN(c1ccc(CCl)cn1)c1ccccc1F. The summed E-state index contributed by atoms with van der Waals surface area (Å²) in [6, 6.07) is 10.3. The lowest BCUT2D eigenvalue weighted by Crippen LogP contribution is -2.12. The van der Waals surface area contributed by atoms with Crippen molar-refractivity contribution in [2.45, 2.75) is 5.88 Å². The lowest BCUT2D eigenvalue weighted by Gasteiger charge is -2.18. The largest absolute Gasteiger partial charge is 0.327 e. The number of hydrogen-bond acceptors (Lipinski definition) is 2. The predicted octanol–water partition coefficient (Wildman–Crippen LogP) is 3.73. The first-order chi connectivity index (χ1) is 8.22. The second kappa shape index (κ2) is 5.15. The average molecular weight is 251 g/mol. The fourth-order valence-electron chi connectivity index (χ4n) is 1.54. The summed E-state index contributed by atoms with van der Waals surface area (Å²) in [7, 11) is 1.78. The standard InChI is InChI=1S/C13H12ClFN2/c1-17(12-5-3-2-4-11(12)15)13-7-6-10(8-14)9-16-13/h2-7,9H,8H2,1H3. The fraction of sp³-hybridized carbons (Fsp3) is 0.154. The van der Waals surface area contributed by atoms with Crippen molar-refractivity contribution in [3.63, 3.8) is 0 Å². The minimum absolute atomic E-state index is 0.266. The molecule has 0 saturated carbocycles. The maximum absolute atomic E-state index is 13.6. The van der Waals surface area contributed by atoms with Crippen molar-refractivity contribution in [3.05, 3.63) is 54.0 Å². The number of anilines is 2. The average Bonchev–Trinajstić information content (AvgIpc) is 2.39. The smallest absolute Gasteiger partial charge is 0.146 e. The highest BCUT2D eigenvalue weighted by Gasteiger charge is 2.09. The van der Waals surface area contributed by atoms with Gasteiger partial charge in [-0.05, 0) is 23.8 Å². The maximum Gasteiger partial charge on any atom is 0.146 e. The van der Waals surface area contributed by atoms with Gasteiger partial charge in [-0.1, -0.05) is 18.2 Å². The van der Waals surface area contributed by atoms with Crippen LogP contribution in [0.15, 0.2) is 42.6 Å². The Bertz CT molecular complexity index is 499. The van der Waals surface area contributed by atoms with E-state index in [1.54, 1.807) is 36.3 Å². The zero-order valence-corrected chi connectivity index (χ0v) is 10.2. The first kappa shape index (κ1) is 11.9. The lowest BCUT2D eigenvalue weighted by molar-refractivity contribution is 0.627. The number of hydrogen-bond donors (Lipinski definition) is 0. The molecule has 0 saturated heterocycles. The van der Waals surface area contributed by atoms with Crippen molar-refractivity contribution < 1.29 is 4.39 Å². The van der Waals surface area contributed by atoms with Crippen LogP contribution in [0.3, 0.4) is 0 Å². The third-order valence-corrected chi connectivity index (χ3v) is 2.83. The Morgan fingerprint density at radius 2 is 2.00 bits per heavy atom. The van der Waals surface area contributed by atoms with Crippen LogP contribution in [0.4, 0.5) is 15.9 Å². The lowest BCUT2D eigenvalue weighted by atomic mass is 10.2. The summed E-state index contributed by atoms with van der Waals surface area (Å²) in [6.07, 6.45) is 1.69. The quantitative estimate of drug-likeness (QED) is 0.772. The molecule has 0 fully saturated rings. The first-order valence-electron chi connectivity index (χ1n) is 5.21. The molecule has 1 aromatic heterocycles. The van der Waals surface area contributed by atoms with Gasteiger partial charge >= 0.3 is 0 Å². The fourth-order valence-corrected chi connectivity index (χ4v) is 1.70. The van der Waals surface area contributed by atoms with Gasteiger partial charge in [0.25, 0.3) is 0 Å². The Balaban J connectivity index is 2.30. The molecule has 0 aliphatic carbocycles. The van der Waals surface area contributed by atoms with Crippen LogP contribution >= 0.6 is 11.6 Å². The molecule has 0 aliphatic rings. The van der Waals surface area contributed by atoms with Crippen molar-refractivity contribution in [3.8, 4) is 0 Å². The van der Waals surface area contributed by atoms with Crippen LogP contribution in [0, 0.1) is 5.82 Å². The van der Waals surface area contributed by atoms with E-state index in [4.69, 9.17) is 11.6 Å². The van der Waals surface area contributed by atoms with Crippen molar-refractivity contribution in [1.82, 2.24) is 4.98 Å². The van der Waals surface area contributed by atoms with Gasteiger partial charge < -0.3 is 4.90 Å². The van der Waals surface area contributed by atoms with E-state index in [1.165, 1.54) is 6.07 Å². The minimum atomic E-state index is -0.266. The molecule has 17 heavy (non-hydrogen) atoms. The number of para-hydroxylation sites is 1. The van der Waals surface area contributed by atoms with E-state index in [0.717, 1.165) is 5.56 Å². The van der Waals surface area contributed by atoms with Gasteiger partial charge in [0, 0.05) is 19.1 Å². The second-order valence-corrected chi connectivity index (χ2v) is 3.94. The summed E-state index contributed by atoms with van der Waals surface area (Å²) in [5, 5.41) is 0. The van der Waals surface area contributed by atoms with Gasteiger partial charge in [-0.3, -0.25) is 0 Å².